The van der Waals surface area contributed by atoms with Gasteiger partial charge in [-0.05, 0) is 18.2 Å². The van der Waals surface area contributed by atoms with Gasteiger partial charge in [0, 0.05) is 11.0 Å². The molecule has 1 heterocycles. The molecule has 1 aliphatic rings. The van der Waals surface area contributed by atoms with Crippen LogP contribution in [0.25, 0.3) is 0 Å². The summed E-state index contributed by atoms with van der Waals surface area (Å²) in [6.07, 6.45) is 1.79. The molecule has 3 nitrogen and oxygen atoms in total. The van der Waals surface area contributed by atoms with Crippen LogP contribution in [-0.2, 0) is 4.79 Å². The summed E-state index contributed by atoms with van der Waals surface area (Å²) < 4.78 is 1.01. The molecule has 0 atom stereocenters. The predicted octanol–water partition coefficient (Wildman–Crippen LogP) is 2.39. The number of nitrogens with one attached hydrogen (secondary N) is 1. The smallest absolute Gasteiger partial charge is 0.243 e. The number of halogens is 1. The molecule has 1 aliphatic heterocycles. The van der Waals surface area contributed by atoms with E-state index >= 15 is 0 Å². The Balaban J connectivity index is 2.42. The monoisotopic (exact) mass is 266 g/mol. The number of rotatable bonds is 2. The van der Waals surface area contributed by atoms with Crippen molar-refractivity contribution in [3.8, 4) is 0 Å². The average molecular weight is 267 g/mol. The minimum atomic E-state index is 0.0201. The predicted molar refractivity (Wildman–Crippen MR) is 65.2 cm³/mol. The van der Waals surface area contributed by atoms with E-state index in [0.717, 1.165) is 15.8 Å². The number of hydrogen-bond acceptors (Lipinski definition) is 2. The Labute approximate surface area is 96.9 Å². The lowest BCUT2D eigenvalue weighted by Gasteiger charge is -2.30. The summed E-state index contributed by atoms with van der Waals surface area (Å²) in [7, 11) is 0. The standard InChI is InChI=1S/C11H11BrN2O/c1-2-5-14-7-11(15)13-9-4-3-8(12)6-10(9)14/h2-4,6H,1,5,7H2,(H,13,15). The molecule has 1 aromatic carbocycles. The van der Waals surface area contributed by atoms with Crippen molar-refractivity contribution < 1.29 is 4.79 Å². The number of hydrogen-bond donors (Lipinski definition) is 1. The zero-order chi connectivity index (χ0) is 10.8. The minimum Gasteiger partial charge on any atom is -0.357 e. The first kappa shape index (κ1) is 10.2. The maximum Gasteiger partial charge on any atom is 0.243 e. The lowest BCUT2D eigenvalue weighted by Crippen LogP contribution is -2.38. The van der Waals surface area contributed by atoms with E-state index in [4.69, 9.17) is 0 Å². The van der Waals surface area contributed by atoms with Gasteiger partial charge in [0.15, 0.2) is 0 Å². The molecule has 0 unspecified atom stereocenters. The van der Waals surface area contributed by atoms with Gasteiger partial charge in [0.1, 0.15) is 0 Å². The summed E-state index contributed by atoms with van der Waals surface area (Å²) in [6.45, 7) is 4.75. The fourth-order valence-corrected chi connectivity index (χ4v) is 1.99. The van der Waals surface area contributed by atoms with Gasteiger partial charge < -0.3 is 10.2 Å². The zero-order valence-electron chi connectivity index (χ0n) is 8.16. The second-order valence-corrected chi connectivity index (χ2v) is 4.29. The van der Waals surface area contributed by atoms with E-state index in [2.05, 4.69) is 27.8 Å². The van der Waals surface area contributed by atoms with Gasteiger partial charge in [0.25, 0.3) is 0 Å². The molecular formula is C11H11BrN2O. The topological polar surface area (TPSA) is 32.3 Å². The number of carbonyl (C=O) groups is 1. The molecule has 0 saturated heterocycles. The molecule has 78 valence electrons. The number of fused-ring (bicyclic) bond motifs is 1. The fraction of sp³-hybridized carbons (Fsp3) is 0.182. The molecule has 0 aromatic heterocycles. The first-order valence-electron chi connectivity index (χ1n) is 4.66. The summed E-state index contributed by atoms with van der Waals surface area (Å²) in [5.74, 6) is 0.0201. The van der Waals surface area contributed by atoms with Gasteiger partial charge >= 0.3 is 0 Å². The van der Waals surface area contributed by atoms with Crippen LogP contribution in [-0.4, -0.2) is 19.0 Å². The van der Waals surface area contributed by atoms with Crippen molar-refractivity contribution in [3.05, 3.63) is 35.3 Å². The molecule has 1 N–H and O–H groups in total. The quantitative estimate of drug-likeness (QED) is 0.834. The highest BCUT2D eigenvalue weighted by Crippen LogP contribution is 2.31. The molecule has 0 aliphatic carbocycles. The molecule has 0 radical (unpaired) electrons. The van der Waals surface area contributed by atoms with Crippen molar-refractivity contribution >= 4 is 33.2 Å². The van der Waals surface area contributed by atoms with Gasteiger partial charge in [0.05, 0.1) is 17.9 Å². The highest BCUT2D eigenvalue weighted by molar-refractivity contribution is 9.10. The second-order valence-electron chi connectivity index (χ2n) is 3.38. The number of carbonyl (C=O) groups excluding carboxylic acids is 1. The highest BCUT2D eigenvalue weighted by atomic mass is 79.9. The van der Waals surface area contributed by atoms with Gasteiger partial charge in [-0.3, -0.25) is 4.79 Å². The Bertz CT molecular complexity index is 417. The van der Waals surface area contributed by atoms with Crippen molar-refractivity contribution in [2.45, 2.75) is 0 Å². The van der Waals surface area contributed by atoms with Crippen LogP contribution in [0, 0.1) is 0 Å². The van der Waals surface area contributed by atoms with Gasteiger partial charge in [-0.15, -0.1) is 6.58 Å². The lowest BCUT2D eigenvalue weighted by molar-refractivity contribution is -0.115. The van der Waals surface area contributed by atoms with Gasteiger partial charge in [-0.25, -0.2) is 0 Å². The van der Waals surface area contributed by atoms with Gasteiger partial charge in [-0.1, -0.05) is 22.0 Å². The minimum absolute atomic E-state index is 0.0201. The third kappa shape index (κ3) is 2.04. The normalized spacial score (nSPS) is 14.5. The van der Waals surface area contributed by atoms with Crippen LogP contribution in [0.3, 0.4) is 0 Å². The summed E-state index contributed by atoms with van der Waals surface area (Å²) >= 11 is 3.42. The van der Waals surface area contributed by atoms with Crippen molar-refractivity contribution in [1.82, 2.24) is 0 Å². The number of amides is 1. The van der Waals surface area contributed by atoms with Crippen LogP contribution in [0.15, 0.2) is 35.3 Å². The van der Waals surface area contributed by atoms with E-state index in [1.807, 2.05) is 23.1 Å². The van der Waals surface area contributed by atoms with Crippen molar-refractivity contribution in [2.75, 3.05) is 23.3 Å². The molecule has 1 amide bonds. The van der Waals surface area contributed by atoms with E-state index in [-0.39, 0.29) is 5.91 Å². The molecule has 0 spiro atoms. The number of anilines is 2. The summed E-state index contributed by atoms with van der Waals surface area (Å²) in [6, 6.07) is 5.81. The first-order chi connectivity index (χ1) is 7.20. The van der Waals surface area contributed by atoms with E-state index < -0.39 is 0 Å². The van der Waals surface area contributed by atoms with E-state index in [0.29, 0.717) is 13.1 Å². The number of nitrogens with zero attached hydrogens (tertiary/aromatic N) is 1. The van der Waals surface area contributed by atoms with Gasteiger partial charge in [-0.2, -0.15) is 0 Å². The number of benzene rings is 1. The maximum absolute atomic E-state index is 11.4. The van der Waals surface area contributed by atoms with Crippen LogP contribution in [0.5, 0.6) is 0 Å². The van der Waals surface area contributed by atoms with Crippen LogP contribution < -0.4 is 10.2 Å². The van der Waals surface area contributed by atoms with E-state index in [1.165, 1.54) is 0 Å². The highest BCUT2D eigenvalue weighted by Gasteiger charge is 2.20. The Morgan fingerprint density at radius 1 is 1.60 bits per heavy atom. The molecule has 4 heteroatoms. The lowest BCUT2D eigenvalue weighted by atomic mass is 10.2. The van der Waals surface area contributed by atoms with E-state index in [9.17, 15) is 4.79 Å². The Kier molecular flexibility index (Phi) is 2.77. The first-order valence-corrected chi connectivity index (χ1v) is 5.45. The van der Waals surface area contributed by atoms with Crippen molar-refractivity contribution in [1.29, 1.82) is 0 Å². The van der Waals surface area contributed by atoms with Crippen molar-refractivity contribution in [3.63, 3.8) is 0 Å². The molecular weight excluding hydrogens is 256 g/mol. The van der Waals surface area contributed by atoms with Crippen LogP contribution in [0.1, 0.15) is 0 Å². The van der Waals surface area contributed by atoms with Crippen molar-refractivity contribution in [2.24, 2.45) is 0 Å². The summed E-state index contributed by atoms with van der Waals surface area (Å²) in [5.41, 5.74) is 1.89. The molecule has 0 fully saturated rings. The molecule has 1 aromatic rings. The summed E-state index contributed by atoms with van der Waals surface area (Å²) in [4.78, 5) is 13.4. The van der Waals surface area contributed by atoms with Crippen LogP contribution in [0.2, 0.25) is 0 Å². The molecule has 15 heavy (non-hydrogen) atoms. The zero-order valence-corrected chi connectivity index (χ0v) is 9.75. The third-order valence-corrected chi connectivity index (χ3v) is 2.75. The largest absolute Gasteiger partial charge is 0.357 e. The maximum atomic E-state index is 11.4. The Hall–Kier alpha value is -1.29. The Morgan fingerprint density at radius 3 is 3.13 bits per heavy atom. The second kappa shape index (κ2) is 4.06. The van der Waals surface area contributed by atoms with E-state index in [1.54, 1.807) is 6.08 Å². The summed E-state index contributed by atoms with van der Waals surface area (Å²) in [5, 5.41) is 2.84. The van der Waals surface area contributed by atoms with Crippen LogP contribution in [0.4, 0.5) is 11.4 Å². The van der Waals surface area contributed by atoms with Crippen LogP contribution >= 0.6 is 15.9 Å². The third-order valence-electron chi connectivity index (χ3n) is 2.26. The molecule has 2 rings (SSSR count). The Morgan fingerprint density at radius 2 is 2.40 bits per heavy atom. The molecule has 0 saturated carbocycles. The average Bonchev–Trinajstić information content (AvgIpc) is 2.19. The fourth-order valence-electron chi connectivity index (χ4n) is 1.64. The SMILES string of the molecule is C=CCN1CC(=O)Nc2ccc(Br)cc21. The van der Waals surface area contributed by atoms with Gasteiger partial charge in [0.2, 0.25) is 5.91 Å². The molecule has 0 bridgehead atoms.